The molecule has 0 saturated carbocycles. The van der Waals surface area contributed by atoms with Gasteiger partial charge in [0.25, 0.3) is 11.8 Å². The number of unbranched alkanes of at least 4 members (excludes halogenated alkanes) is 1. The van der Waals surface area contributed by atoms with Gasteiger partial charge in [-0.2, -0.15) is 0 Å². The molecule has 0 fully saturated rings. The highest BCUT2D eigenvalue weighted by Gasteiger charge is 2.44. The topological polar surface area (TPSA) is 119 Å². The molecule has 1 aliphatic rings. The highest BCUT2D eigenvalue weighted by Crippen LogP contribution is 2.40. The maximum atomic E-state index is 14.1. The van der Waals surface area contributed by atoms with Gasteiger partial charge < -0.3 is 14.8 Å². The van der Waals surface area contributed by atoms with Crippen LogP contribution in [0.25, 0.3) is 0 Å². The first-order valence-corrected chi connectivity index (χ1v) is 14.0. The number of hydrogen-bond donors (Lipinski definition) is 1. The molecule has 0 aliphatic carbocycles. The molecule has 0 saturated heterocycles. The Kier molecular flexibility index (Phi) is 7.24. The quantitative estimate of drug-likeness (QED) is 0.406. The maximum Gasteiger partial charge on any atom is 0.264 e. The standard InChI is InChI=1S/C27H34N2O7S/c1-6-8-9-10-18-11-13-20(28-17(3)30)25-24(18)26(31)29(27(25)32)21(16-37(5,33)34)19-12-14-22(35-4)23(15-19)36-7-2/h11-15,21H,6-10,16H2,1-5H3,(H,28,30)/t21-/m1/s1/i10D2,11D,13D. The van der Waals surface area contributed by atoms with Crippen molar-refractivity contribution in [2.45, 2.75) is 52.4 Å². The van der Waals surface area contributed by atoms with E-state index >= 15 is 0 Å². The highest BCUT2D eigenvalue weighted by atomic mass is 32.2. The molecule has 1 N–H and O–H groups in total. The highest BCUT2D eigenvalue weighted by molar-refractivity contribution is 7.90. The van der Waals surface area contributed by atoms with Crippen molar-refractivity contribution in [3.8, 4) is 11.5 Å². The van der Waals surface area contributed by atoms with Crippen molar-refractivity contribution < 1.29 is 37.8 Å². The van der Waals surface area contributed by atoms with E-state index in [1.54, 1.807) is 6.92 Å². The van der Waals surface area contributed by atoms with Gasteiger partial charge in [0.05, 0.1) is 45.1 Å². The van der Waals surface area contributed by atoms with Crippen LogP contribution in [0.5, 0.6) is 11.5 Å². The summed E-state index contributed by atoms with van der Waals surface area (Å²) in [6.45, 7) is 4.95. The number of hydrogen-bond acceptors (Lipinski definition) is 7. The van der Waals surface area contributed by atoms with Gasteiger partial charge >= 0.3 is 0 Å². The fraction of sp³-hybridized carbons (Fsp3) is 0.444. The molecule has 2 aromatic rings. The molecule has 1 aliphatic heterocycles. The van der Waals surface area contributed by atoms with Gasteiger partial charge in [-0.1, -0.05) is 31.9 Å². The molecule has 0 radical (unpaired) electrons. The number of fused-ring (bicyclic) bond motifs is 1. The maximum absolute atomic E-state index is 14.1. The summed E-state index contributed by atoms with van der Waals surface area (Å²) in [4.78, 5) is 40.9. The van der Waals surface area contributed by atoms with E-state index in [1.165, 1.54) is 25.3 Å². The summed E-state index contributed by atoms with van der Waals surface area (Å²) in [5.74, 6) is -2.80. The largest absolute Gasteiger partial charge is 0.493 e. The number of methoxy groups -OCH3 is 1. The van der Waals surface area contributed by atoms with Crippen molar-refractivity contribution in [1.82, 2.24) is 4.90 Å². The van der Waals surface area contributed by atoms with Gasteiger partial charge in [0, 0.05) is 15.9 Å². The van der Waals surface area contributed by atoms with Crippen molar-refractivity contribution in [3.05, 3.63) is 52.5 Å². The summed E-state index contributed by atoms with van der Waals surface area (Å²) < 4.78 is 70.6. The third-order valence-corrected chi connectivity index (χ3v) is 6.63. The molecule has 3 amide bonds. The zero-order valence-corrected chi connectivity index (χ0v) is 22.4. The lowest BCUT2D eigenvalue weighted by Gasteiger charge is -2.27. The fourth-order valence-corrected chi connectivity index (χ4v) is 5.03. The second-order valence-corrected chi connectivity index (χ2v) is 10.8. The number of amides is 3. The number of imide groups is 1. The average molecular weight is 535 g/mol. The van der Waals surface area contributed by atoms with E-state index < -0.39 is 80.2 Å². The van der Waals surface area contributed by atoms with Crippen LogP contribution in [0.15, 0.2) is 30.3 Å². The molecule has 0 aromatic heterocycles. The SMILES string of the molecule is [2H]c1c([2H])c(C([2H])([2H])CCCC)c2c(c1NC(C)=O)C(=O)N([C@H](CS(C)(=O)=O)c1ccc(OC)c(OCC)c1)C2=O. The minimum absolute atomic E-state index is 0.0921. The van der Waals surface area contributed by atoms with Crippen LogP contribution in [0, 0.1) is 0 Å². The average Bonchev–Trinajstić information content (AvgIpc) is 3.12. The second kappa shape index (κ2) is 11.8. The van der Waals surface area contributed by atoms with E-state index in [9.17, 15) is 22.8 Å². The van der Waals surface area contributed by atoms with Crippen LogP contribution in [0.1, 0.15) is 83.4 Å². The molecular weight excluding hydrogens is 496 g/mol. The van der Waals surface area contributed by atoms with Crippen LogP contribution < -0.4 is 14.8 Å². The molecule has 1 heterocycles. The minimum atomic E-state index is -3.82. The Morgan fingerprint density at radius 1 is 1.14 bits per heavy atom. The Balaban J connectivity index is 2.35. The zero-order chi connectivity index (χ0) is 30.9. The van der Waals surface area contributed by atoms with Crippen LogP contribution in [-0.2, 0) is 21.0 Å². The van der Waals surface area contributed by atoms with Crippen molar-refractivity contribution >= 4 is 33.2 Å². The molecule has 1 atom stereocenters. The van der Waals surface area contributed by atoms with Crippen molar-refractivity contribution in [1.29, 1.82) is 0 Å². The summed E-state index contributed by atoms with van der Waals surface area (Å²) in [7, 11) is -2.40. The number of carbonyl (C=O) groups is 3. The normalized spacial score (nSPS) is 15.9. The van der Waals surface area contributed by atoms with Gasteiger partial charge in [-0.05, 0) is 49.0 Å². The lowest BCUT2D eigenvalue weighted by molar-refractivity contribution is -0.114. The fourth-order valence-electron chi connectivity index (χ4n) is 4.11. The van der Waals surface area contributed by atoms with E-state index in [0.717, 1.165) is 13.2 Å². The molecule has 200 valence electrons. The summed E-state index contributed by atoms with van der Waals surface area (Å²) in [6, 6.07) is 1.81. The lowest BCUT2D eigenvalue weighted by Crippen LogP contribution is -2.38. The van der Waals surface area contributed by atoms with Gasteiger partial charge in [0.1, 0.15) is 9.84 Å². The molecule has 9 nitrogen and oxygen atoms in total. The first kappa shape index (κ1) is 22.8. The van der Waals surface area contributed by atoms with E-state index in [2.05, 4.69) is 5.32 Å². The smallest absolute Gasteiger partial charge is 0.264 e. The van der Waals surface area contributed by atoms with Gasteiger partial charge in [0.15, 0.2) is 11.5 Å². The minimum Gasteiger partial charge on any atom is -0.493 e. The molecule has 37 heavy (non-hydrogen) atoms. The summed E-state index contributed by atoms with van der Waals surface area (Å²) in [5, 5.41) is 2.35. The molecule has 10 heteroatoms. The number of nitrogens with one attached hydrogen (secondary N) is 1. The van der Waals surface area contributed by atoms with Crippen molar-refractivity contribution in [2.75, 3.05) is 31.0 Å². The number of nitrogens with zero attached hydrogens (tertiary/aromatic N) is 1. The third-order valence-electron chi connectivity index (χ3n) is 5.71. The predicted molar refractivity (Wildman–Crippen MR) is 141 cm³/mol. The Labute approximate surface area is 223 Å². The van der Waals surface area contributed by atoms with E-state index in [1.807, 2.05) is 6.92 Å². The first-order valence-electron chi connectivity index (χ1n) is 13.9. The molecular formula is C27H34N2O7S. The van der Waals surface area contributed by atoms with Crippen LogP contribution >= 0.6 is 0 Å². The number of sulfone groups is 1. The Morgan fingerprint density at radius 2 is 1.84 bits per heavy atom. The molecule has 0 bridgehead atoms. The summed E-state index contributed by atoms with van der Waals surface area (Å²) in [5.41, 5.74) is -1.53. The molecule has 3 rings (SSSR count). The van der Waals surface area contributed by atoms with Crippen LogP contribution in [0.3, 0.4) is 0 Å². The molecule has 2 aromatic carbocycles. The number of ether oxygens (including phenoxy) is 2. The van der Waals surface area contributed by atoms with Gasteiger partial charge in [-0.3, -0.25) is 19.3 Å². The lowest BCUT2D eigenvalue weighted by atomic mass is 9.96. The summed E-state index contributed by atoms with van der Waals surface area (Å²) >= 11 is 0. The second-order valence-electron chi connectivity index (χ2n) is 8.64. The van der Waals surface area contributed by atoms with Gasteiger partial charge in [0.2, 0.25) is 5.91 Å². The van der Waals surface area contributed by atoms with Crippen LogP contribution in [0.2, 0.25) is 0 Å². The van der Waals surface area contributed by atoms with E-state index in [0.29, 0.717) is 23.5 Å². The number of carbonyl (C=O) groups excluding carboxylic acids is 3. The molecule has 0 spiro atoms. The zero-order valence-electron chi connectivity index (χ0n) is 25.6. The van der Waals surface area contributed by atoms with Gasteiger partial charge in [-0.25, -0.2) is 8.42 Å². The van der Waals surface area contributed by atoms with Crippen LogP contribution in [0.4, 0.5) is 5.69 Å². The van der Waals surface area contributed by atoms with Gasteiger partial charge in [-0.15, -0.1) is 0 Å². The number of rotatable bonds is 12. The monoisotopic (exact) mass is 534 g/mol. The van der Waals surface area contributed by atoms with Crippen molar-refractivity contribution in [2.24, 2.45) is 0 Å². The Hall–Kier alpha value is -3.40. The predicted octanol–water partition coefficient (Wildman–Crippen LogP) is 4.17. The van der Waals surface area contributed by atoms with Crippen LogP contribution in [-0.4, -0.2) is 56.8 Å². The van der Waals surface area contributed by atoms with E-state index in [-0.39, 0.29) is 24.3 Å². The Morgan fingerprint density at radius 3 is 2.43 bits per heavy atom. The first-order chi connectivity index (χ1) is 19.1. The third kappa shape index (κ3) is 6.30. The number of benzene rings is 2. The molecule has 0 unspecified atom stereocenters. The van der Waals surface area contributed by atoms with Crippen molar-refractivity contribution in [3.63, 3.8) is 0 Å². The summed E-state index contributed by atoms with van der Waals surface area (Å²) in [6.07, 6.45) is -0.404. The van der Waals surface area contributed by atoms with E-state index in [4.69, 9.17) is 15.0 Å². The number of anilines is 1. The Bertz CT molecular complexity index is 1500.